The van der Waals surface area contributed by atoms with Crippen LogP contribution in [0.4, 0.5) is 0 Å². The Hall–Kier alpha value is 0.250. The number of nitrogens with one attached hydrogen (secondary N) is 1. The van der Waals surface area contributed by atoms with E-state index in [4.69, 9.17) is 0 Å². The first-order chi connectivity index (χ1) is 5.39. The molecular formula is C10H18ClN. The molecule has 0 unspecified atom stereocenters. The van der Waals surface area contributed by atoms with Crippen LogP contribution in [0.1, 0.15) is 32.1 Å². The fraction of sp³-hybridized carbons (Fsp3) is 1.00. The lowest BCUT2D eigenvalue weighted by Crippen LogP contribution is -2.57. The smallest absolute Gasteiger partial charge is 0.00461 e. The second-order valence-electron chi connectivity index (χ2n) is 4.87. The molecule has 4 rings (SSSR count). The van der Waals surface area contributed by atoms with Gasteiger partial charge in [0.25, 0.3) is 0 Å². The van der Waals surface area contributed by atoms with Gasteiger partial charge in [0, 0.05) is 0 Å². The van der Waals surface area contributed by atoms with Crippen LogP contribution >= 0.6 is 12.4 Å². The first-order valence-corrected chi connectivity index (χ1v) is 5.10. The minimum atomic E-state index is 0. The normalized spacial score (nSPS) is 45.5. The molecule has 2 heteroatoms. The Morgan fingerprint density at radius 3 is 2.00 bits per heavy atom. The van der Waals surface area contributed by atoms with Crippen molar-refractivity contribution in [3.05, 3.63) is 0 Å². The maximum Gasteiger partial charge on any atom is -0.00461 e. The molecule has 0 spiro atoms. The Kier molecular flexibility index (Phi) is 2.12. The van der Waals surface area contributed by atoms with Crippen LogP contribution in [-0.4, -0.2) is 13.1 Å². The van der Waals surface area contributed by atoms with Crippen LogP contribution in [0.25, 0.3) is 0 Å². The Bertz CT molecular complexity index is 158. The van der Waals surface area contributed by atoms with Gasteiger partial charge in [0.05, 0.1) is 0 Å². The quantitative estimate of drug-likeness (QED) is 0.664. The maximum absolute atomic E-state index is 3.45. The standard InChI is InChI=1S/C10H17N.ClH/c1-3-11-4-2-9(1)10-5-8(6-10)7-10;/h8-9,11H,1-7H2;1H. The van der Waals surface area contributed by atoms with Gasteiger partial charge in [-0.2, -0.15) is 0 Å². The van der Waals surface area contributed by atoms with Gasteiger partial charge in [-0.05, 0) is 62.4 Å². The highest BCUT2D eigenvalue weighted by Crippen LogP contribution is 2.69. The van der Waals surface area contributed by atoms with Crippen LogP contribution < -0.4 is 5.32 Å². The Morgan fingerprint density at radius 1 is 1.00 bits per heavy atom. The maximum atomic E-state index is 3.45. The van der Waals surface area contributed by atoms with Crippen molar-refractivity contribution in [2.24, 2.45) is 17.3 Å². The van der Waals surface area contributed by atoms with Crippen LogP contribution in [0, 0.1) is 17.3 Å². The molecule has 4 aliphatic rings. The largest absolute Gasteiger partial charge is 0.317 e. The van der Waals surface area contributed by atoms with Gasteiger partial charge in [0.1, 0.15) is 0 Å². The van der Waals surface area contributed by atoms with Crippen molar-refractivity contribution in [2.45, 2.75) is 32.1 Å². The lowest BCUT2D eigenvalue weighted by atomic mass is 9.39. The van der Waals surface area contributed by atoms with E-state index in [1.54, 1.807) is 19.3 Å². The first-order valence-electron chi connectivity index (χ1n) is 5.10. The predicted molar refractivity (Wildman–Crippen MR) is 52.6 cm³/mol. The number of hydrogen-bond acceptors (Lipinski definition) is 1. The van der Waals surface area contributed by atoms with E-state index in [1.807, 2.05) is 0 Å². The molecule has 0 aromatic rings. The van der Waals surface area contributed by atoms with Gasteiger partial charge in [-0.25, -0.2) is 0 Å². The van der Waals surface area contributed by atoms with Crippen LogP contribution in [-0.2, 0) is 0 Å². The van der Waals surface area contributed by atoms with E-state index in [1.165, 1.54) is 31.8 Å². The van der Waals surface area contributed by atoms with E-state index in [-0.39, 0.29) is 12.4 Å². The molecule has 2 bridgehead atoms. The van der Waals surface area contributed by atoms with Gasteiger partial charge >= 0.3 is 0 Å². The Balaban J connectivity index is 0.000000563. The zero-order valence-corrected chi connectivity index (χ0v) is 8.33. The van der Waals surface area contributed by atoms with Crippen molar-refractivity contribution in [1.82, 2.24) is 5.32 Å². The average molecular weight is 188 g/mol. The van der Waals surface area contributed by atoms with Crippen LogP contribution in [0.2, 0.25) is 0 Å². The van der Waals surface area contributed by atoms with Gasteiger partial charge in [-0.3, -0.25) is 0 Å². The molecule has 3 saturated carbocycles. The lowest BCUT2D eigenvalue weighted by Gasteiger charge is -2.66. The van der Waals surface area contributed by atoms with Gasteiger partial charge in [-0.1, -0.05) is 0 Å². The molecule has 4 fully saturated rings. The van der Waals surface area contributed by atoms with Gasteiger partial charge in [-0.15, -0.1) is 12.4 Å². The monoisotopic (exact) mass is 187 g/mol. The summed E-state index contributed by atoms with van der Waals surface area (Å²) in [5.74, 6) is 2.28. The summed E-state index contributed by atoms with van der Waals surface area (Å²) in [6.45, 7) is 2.58. The summed E-state index contributed by atoms with van der Waals surface area (Å²) < 4.78 is 0. The van der Waals surface area contributed by atoms with Crippen molar-refractivity contribution in [1.29, 1.82) is 0 Å². The van der Waals surface area contributed by atoms with Crippen LogP contribution in [0.5, 0.6) is 0 Å². The summed E-state index contributed by atoms with van der Waals surface area (Å²) in [5.41, 5.74) is 0.896. The van der Waals surface area contributed by atoms with Crippen molar-refractivity contribution in [3.8, 4) is 0 Å². The van der Waals surface area contributed by atoms with E-state index >= 15 is 0 Å². The second kappa shape index (κ2) is 2.88. The third kappa shape index (κ3) is 1.03. The Morgan fingerprint density at radius 2 is 1.58 bits per heavy atom. The van der Waals surface area contributed by atoms with Gasteiger partial charge in [0.2, 0.25) is 0 Å². The highest BCUT2D eigenvalue weighted by Gasteiger charge is 2.59. The van der Waals surface area contributed by atoms with E-state index in [9.17, 15) is 0 Å². The summed E-state index contributed by atoms with van der Waals surface area (Å²) in [7, 11) is 0. The summed E-state index contributed by atoms with van der Waals surface area (Å²) >= 11 is 0. The average Bonchev–Trinajstić information content (AvgIpc) is 1.83. The van der Waals surface area contributed by atoms with Crippen LogP contribution in [0.3, 0.4) is 0 Å². The van der Waals surface area contributed by atoms with Gasteiger partial charge in [0.15, 0.2) is 0 Å². The summed E-state index contributed by atoms with van der Waals surface area (Å²) in [5, 5.41) is 3.45. The highest BCUT2D eigenvalue weighted by molar-refractivity contribution is 5.85. The fourth-order valence-electron chi connectivity index (χ4n) is 3.48. The zero-order chi connectivity index (χ0) is 7.31. The van der Waals surface area contributed by atoms with E-state index in [2.05, 4.69) is 5.32 Å². The third-order valence-electron chi connectivity index (χ3n) is 4.29. The molecule has 0 radical (unpaired) electrons. The summed E-state index contributed by atoms with van der Waals surface area (Å²) in [6.07, 6.45) is 7.71. The minimum Gasteiger partial charge on any atom is -0.317 e. The first kappa shape index (κ1) is 8.83. The van der Waals surface area contributed by atoms with Crippen molar-refractivity contribution < 1.29 is 0 Å². The zero-order valence-electron chi connectivity index (χ0n) is 7.51. The molecule has 3 aliphatic carbocycles. The Labute approximate surface area is 80.7 Å². The molecule has 1 N–H and O–H groups in total. The fourth-order valence-corrected chi connectivity index (χ4v) is 3.48. The molecule has 70 valence electrons. The van der Waals surface area contributed by atoms with Crippen LogP contribution in [0.15, 0.2) is 0 Å². The molecule has 12 heavy (non-hydrogen) atoms. The topological polar surface area (TPSA) is 12.0 Å². The number of hydrogen-bond donors (Lipinski definition) is 1. The minimum absolute atomic E-state index is 0. The molecule has 1 nitrogen and oxygen atoms in total. The molecule has 0 aromatic carbocycles. The van der Waals surface area contributed by atoms with Crippen molar-refractivity contribution in [3.63, 3.8) is 0 Å². The summed E-state index contributed by atoms with van der Waals surface area (Å²) in [4.78, 5) is 0. The molecule has 0 amide bonds. The highest BCUT2D eigenvalue weighted by atomic mass is 35.5. The predicted octanol–water partition coefficient (Wildman–Crippen LogP) is 2.21. The number of rotatable bonds is 1. The van der Waals surface area contributed by atoms with E-state index in [0.717, 1.165) is 11.3 Å². The third-order valence-corrected chi connectivity index (χ3v) is 4.29. The molecular weight excluding hydrogens is 170 g/mol. The molecule has 0 atom stereocenters. The molecule has 1 saturated heterocycles. The number of halogens is 1. The van der Waals surface area contributed by atoms with Gasteiger partial charge < -0.3 is 5.32 Å². The lowest BCUT2D eigenvalue weighted by molar-refractivity contribution is -0.157. The van der Waals surface area contributed by atoms with Crippen molar-refractivity contribution >= 4 is 12.4 Å². The molecule has 1 heterocycles. The van der Waals surface area contributed by atoms with Crippen molar-refractivity contribution in [2.75, 3.05) is 13.1 Å². The number of piperidine rings is 1. The molecule has 0 aromatic heterocycles. The second-order valence-corrected chi connectivity index (χ2v) is 4.87. The van der Waals surface area contributed by atoms with E-state index in [0.29, 0.717) is 0 Å². The summed E-state index contributed by atoms with van der Waals surface area (Å²) in [6, 6.07) is 0. The SMILES string of the molecule is C1CC(C23CC(C2)C3)CCN1.Cl. The van der Waals surface area contributed by atoms with E-state index < -0.39 is 0 Å². The molecule has 1 aliphatic heterocycles.